The van der Waals surface area contributed by atoms with Crippen LogP contribution in [0.4, 0.5) is 0 Å². The summed E-state index contributed by atoms with van der Waals surface area (Å²) in [5.41, 5.74) is 0. The molecule has 2 atom stereocenters. The summed E-state index contributed by atoms with van der Waals surface area (Å²) in [6.45, 7) is 3.45. The van der Waals surface area contributed by atoms with Crippen LogP contribution in [0.2, 0.25) is 0 Å². The number of amides is 1. The number of halogens is 1. The molecule has 0 saturated carbocycles. The van der Waals surface area contributed by atoms with Gasteiger partial charge >= 0.3 is 0 Å². The fourth-order valence-corrected chi connectivity index (χ4v) is 2.44. The Morgan fingerprint density at radius 2 is 2.39 bits per heavy atom. The molecule has 1 fully saturated rings. The van der Waals surface area contributed by atoms with Crippen molar-refractivity contribution in [2.75, 3.05) is 20.1 Å². The SMILES string of the molecule is CNCC(=O)N1CCC(C)CC1c1ccco1.Cl. The van der Waals surface area contributed by atoms with E-state index in [1.807, 2.05) is 17.0 Å². The number of piperidine rings is 1. The lowest BCUT2D eigenvalue weighted by Gasteiger charge is -2.37. The Bertz CT molecular complexity index is 367. The van der Waals surface area contributed by atoms with Crippen molar-refractivity contribution >= 4 is 18.3 Å². The fraction of sp³-hybridized carbons (Fsp3) is 0.615. The van der Waals surface area contributed by atoms with E-state index < -0.39 is 0 Å². The lowest BCUT2D eigenvalue weighted by atomic mass is 9.91. The standard InChI is InChI=1S/C13H20N2O2.ClH/c1-10-5-6-15(13(16)9-14-2)11(8-10)12-4-3-7-17-12;/h3-4,7,10-11,14H,5-6,8-9H2,1-2H3;1H. The van der Waals surface area contributed by atoms with Crippen LogP contribution >= 0.6 is 12.4 Å². The number of likely N-dealkylation sites (tertiary alicyclic amines) is 1. The molecule has 1 aromatic rings. The predicted molar refractivity (Wildman–Crippen MR) is 72.7 cm³/mol. The number of hydrogen-bond donors (Lipinski definition) is 1. The lowest BCUT2D eigenvalue weighted by molar-refractivity contribution is -0.135. The van der Waals surface area contributed by atoms with Gasteiger partial charge in [0, 0.05) is 6.54 Å². The molecule has 0 spiro atoms. The minimum Gasteiger partial charge on any atom is -0.467 e. The first-order valence-electron chi connectivity index (χ1n) is 6.20. The molecular weight excluding hydrogens is 252 g/mol. The molecular formula is C13H21ClN2O2. The van der Waals surface area contributed by atoms with Crippen molar-refractivity contribution in [3.8, 4) is 0 Å². The molecule has 1 aliphatic heterocycles. The summed E-state index contributed by atoms with van der Waals surface area (Å²) < 4.78 is 5.47. The van der Waals surface area contributed by atoms with Crippen molar-refractivity contribution in [1.29, 1.82) is 0 Å². The van der Waals surface area contributed by atoms with Crippen molar-refractivity contribution < 1.29 is 9.21 Å². The highest BCUT2D eigenvalue weighted by Crippen LogP contribution is 2.34. The fourth-order valence-electron chi connectivity index (χ4n) is 2.44. The van der Waals surface area contributed by atoms with E-state index in [2.05, 4.69) is 12.2 Å². The van der Waals surface area contributed by atoms with E-state index in [-0.39, 0.29) is 24.4 Å². The zero-order chi connectivity index (χ0) is 12.3. The van der Waals surface area contributed by atoms with E-state index in [1.54, 1.807) is 13.3 Å². The van der Waals surface area contributed by atoms with Gasteiger partial charge in [0.25, 0.3) is 0 Å². The first-order valence-corrected chi connectivity index (χ1v) is 6.20. The van der Waals surface area contributed by atoms with Crippen LogP contribution in [0.25, 0.3) is 0 Å². The second kappa shape index (κ2) is 6.81. The summed E-state index contributed by atoms with van der Waals surface area (Å²) in [4.78, 5) is 14.0. The highest BCUT2D eigenvalue weighted by Gasteiger charge is 2.32. The average molecular weight is 273 g/mol. The van der Waals surface area contributed by atoms with Gasteiger partial charge in [0.05, 0.1) is 18.8 Å². The van der Waals surface area contributed by atoms with Crippen LogP contribution in [-0.2, 0) is 4.79 Å². The molecule has 1 N–H and O–H groups in total. The quantitative estimate of drug-likeness (QED) is 0.918. The number of rotatable bonds is 3. The van der Waals surface area contributed by atoms with E-state index in [0.717, 1.165) is 25.1 Å². The maximum absolute atomic E-state index is 12.0. The summed E-state index contributed by atoms with van der Waals surface area (Å²) in [5.74, 6) is 1.70. The van der Waals surface area contributed by atoms with Crippen LogP contribution in [-0.4, -0.2) is 30.9 Å². The minimum atomic E-state index is 0. The highest BCUT2D eigenvalue weighted by atomic mass is 35.5. The largest absolute Gasteiger partial charge is 0.467 e. The number of carbonyl (C=O) groups excluding carboxylic acids is 1. The van der Waals surface area contributed by atoms with Crippen molar-refractivity contribution in [3.63, 3.8) is 0 Å². The Kier molecular flexibility index (Phi) is 5.69. The van der Waals surface area contributed by atoms with Crippen LogP contribution < -0.4 is 5.32 Å². The Hall–Kier alpha value is -1.00. The third-order valence-electron chi connectivity index (χ3n) is 3.38. The number of nitrogens with one attached hydrogen (secondary N) is 1. The molecule has 2 unspecified atom stereocenters. The van der Waals surface area contributed by atoms with Gasteiger partial charge in [-0.3, -0.25) is 4.79 Å². The van der Waals surface area contributed by atoms with Crippen LogP contribution in [0.5, 0.6) is 0 Å². The minimum absolute atomic E-state index is 0. The highest BCUT2D eigenvalue weighted by molar-refractivity contribution is 5.85. The van der Waals surface area contributed by atoms with Crippen LogP contribution in [0.1, 0.15) is 31.6 Å². The summed E-state index contributed by atoms with van der Waals surface area (Å²) in [7, 11) is 1.80. The van der Waals surface area contributed by atoms with Crippen LogP contribution in [0, 0.1) is 5.92 Å². The summed E-state index contributed by atoms with van der Waals surface area (Å²) in [6, 6.07) is 3.95. The Morgan fingerprint density at radius 3 is 3.00 bits per heavy atom. The topological polar surface area (TPSA) is 45.5 Å². The summed E-state index contributed by atoms with van der Waals surface area (Å²) >= 11 is 0. The molecule has 2 rings (SSSR count). The van der Waals surface area contributed by atoms with Gasteiger partial charge in [-0.05, 0) is 37.9 Å². The molecule has 0 aliphatic carbocycles. The third-order valence-corrected chi connectivity index (χ3v) is 3.38. The first-order chi connectivity index (χ1) is 8.22. The molecule has 1 amide bonds. The van der Waals surface area contributed by atoms with E-state index >= 15 is 0 Å². The Balaban J connectivity index is 0.00000162. The first kappa shape index (κ1) is 15.1. The van der Waals surface area contributed by atoms with Gasteiger partial charge in [-0.15, -0.1) is 12.4 Å². The predicted octanol–water partition coefficient (Wildman–Crippen LogP) is 2.22. The maximum Gasteiger partial charge on any atom is 0.237 e. The molecule has 0 aromatic carbocycles. The van der Waals surface area contributed by atoms with Gasteiger partial charge in [-0.1, -0.05) is 6.92 Å². The zero-order valence-corrected chi connectivity index (χ0v) is 11.7. The van der Waals surface area contributed by atoms with Crippen LogP contribution in [0.3, 0.4) is 0 Å². The van der Waals surface area contributed by atoms with Gasteiger partial charge in [-0.25, -0.2) is 0 Å². The van der Waals surface area contributed by atoms with E-state index in [0.29, 0.717) is 12.5 Å². The van der Waals surface area contributed by atoms with Gasteiger partial charge in [-0.2, -0.15) is 0 Å². The second-order valence-electron chi connectivity index (χ2n) is 4.78. The normalized spacial score (nSPS) is 23.6. The number of hydrogen-bond acceptors (Lipinski definition) is 3. The maximum atomic E-state index is 12.0. The van der Waals surface area contributed by atoms with Crippen molar-refractivity contribution in [2.24, 2.45) is 5.92 Å². The van der Waals surface area contributed by atoms with Gasteiger partial charge in [0.15, 0.2) is 0 Å². The molecule has 102 valence electrons. The van der Waals surface area contributed by atoms with Gasteiger partial charge in [0.2, 0.25) is 5.91 Å². The van der Waals surface area contributed by atoms with Gasteiger partial charge < -0.3 is 14.6 Å². The lowest BCUT2D eigenvalue weighted by Crippen LogP contribution is -2.43. The molecule has 1 saturated heterocycles. The van der Waals surface area contributed by atoms with Crippen LogP contribution in [0.15, 0.2) is 22.8 Å². The number of nitrogens with zero attached hydrogens (tertiary/aromatic N) is 1. The Morgan fingerprint density at radius 1 is 1.61 bits per heavy atom. The molecule has 2 heterocycles. The number of furan rings is 1. The number of likely N-dealkylation sites (N-methyl/N-ethyl adjacent to an activating group) is 1. The molecule has 0 radical (unpaired) electrons. The average Bonchev–Trinajstić information content (AvgIpc) is 2.82. The molecule has 0 bridgehead atoms. The van der Waals surface area contributed by atoms with Gasteiger partial charge in [0.1, 0.15) is 5.76 Å². The summed E-state index contributed by atoms with van der Waals surface area (Å²) in [6.07, 6.45) is 3.74. The number of carbonyl (C=O) groups is 1. The van der Waals surface area contributed by atoms with E-state index in [1.165, 1.54) is 0 Å². The molecule has 18 heavy (non-hydrogen) atoms. The van der Waals surface area contributed by atoms with Crippen molar-refractivity contribution in [1.82, 2.24) is 10.2 Å². The monoisotopic (exact) mass is 272 g/mol. The Labute approximate surface area is 114 Å². The zero-order valence-electron chi connectivity index (χ0n) is 10.9. The van der Waals surface area contributed by atoms with Crippen molar-refractivity contribution in [2.45, 2.75) is 25.8 Å². The second-order valence-corrected chi connectivity index (χ2v) is 4.78. The smallest absolute Gasteiger partial charge is 0.237 e. The third kappa shape index (κ3) is 3.27. The van der Waals surface area contributed by atoms with E-state index in [4.69, 9.17) is 4.42 Å². The molecule has 1 aromatic heterocycles. The molecule has 5 heteroatoms. The van der Waals surface area contributed by atoms with E-state index in [9.17, 15) is 4.79 Å². The van der Waals surface area contributed by atoms with Crippen molar-refractivity contribution in [3.05, 3.63) is 24.2 Å². The molecule has 4 nitrogen and oxygen atoms in total. The molecule has 1 aliphatic rings. The summed E-state index contributed by atoms with van der Waals surface area (Å²) in [5, 5.41) is 2.92.